The molecule has 17 heavy (non-hydrogen) atoms. The first-order chi connectivity index (χ1) is 8.06. The summed E-state index contributed by atoms with van der Waals surface area (Å²) in [6, 6.07) is 1.90. The molecule has 5 heteroatoms. The number of nitrogens with two attached hydrogens (primary N) is 1. The number of carbonyl (C=O) groups excluding carboxylic acids is 1. The van der Waals surface area contributed by atoms with Gasteiger partial charge in [-0.3, -0.25) is 4.79 Å². The number of carbonyl (C=O) groups is 1. The number of benzene rings is 1. The molecule has 0 aliphatic rings. The van der Waals surface area contributed by atoms with Crippen LogP contribution in [0.25, 0.3) is 0 Å². The van der Waals surface area contributed by atoms with E-state index in [2.05, 4.69) is 5.32 Å². The van der Waals surface area contributed by atoms with Gasteiger partial charge in [-0.15, -0.1) is 0 Å². The third-order valence-corrected chi connectivity index (χ3v) is 2.18. The van der Waals surface area contributed by atoms with Gasteiger partial charge in [-0.2, -0.15) is 0 Å². The topological polar surface area (TPSA) is 55.1 Å². The van der Waals surface area contributed by atoms with Gasteiger partial charge in [0.05, 0.1) is 5.56 Å². The van der Waals surface area contributed by atoms with Crippen LogP contribution in [0.15, 0.2) is 24.3 Å². The molecule has 0 atom stereocenters. The molecular weight excluding hydrogens is 226 g/mol. The maximum atomic E-state index is 13.3. The minimum atomic E-state index is -0.867. The first kappa shape index (κ1) is 13.3. The van der Waals surface area contributed by atoms with E-state index < -0.39 is 17.5 Å². The number of hydrogen-bond acceptors (Lipinski definition) is 2. The van der Waals surface area contributed by atoms with Crippen LogP contribution in [0.3, 0.4) is 0 Å². The van der Waals surface area contributed by atoms with Crippen molar-refractivity contribution < 1.29 is 13.6 Å². The average molecular weight is 240 g/mol. The number of nitrogens with one attached hydrogen (secondary N) is 1. The van der Waals surface area contributed by atoms with Crippen LogP contribution in [-0.2, 0) is 0 Å². The van der Waals surface area contributed by atoms with E-state index in [1.807, 2.05) is 0 Å². The second-order valence-corrected chi connectivity index (χ2v) is 3.50. The highest BCUT2D eigenvalue weighted by atomic mass is 19.1. The summed E-state index contributed by atoms with van der Waals surface area (Å²) >= 11 is 0. The molecule has 0 spiro atoms. The fraction of sp³-hybridized carbons (Fsp3) is 0.250. The van der Waals surface area contributed by atoms with Gasteiger partial charge in [0, 0.05) is 19.2 Å². The maximum absolute atomic E-state index is 13.3. The standard InChI is InChI=1S/C12H14F2N2O/c1-8-6-9(11(14)7-10(8)13)12(17)16-5-3-2-4-15/h2-3,6-7H,4-5,15H2,1H3,(H,16,17)/b3-2+. The number of halogens is 2. The lowest BCUT2D eigenvalue weighted by Crippen LogP contribution is -2.24. The van der Waals surface area contributed by atoms with Crippen LogP contribution >= 0.6 is 0 Å². The van der Waals surface area contributed by atoms with Crippen molar-refractivity contribution in [1.82, 2.24) is 5.32 Å². The number of hydrogen-bond donors (Lipinski definition) is 2. The Morgan fingerprint density at radius 2 is 2.06 bits per heavy atom. The molecule has 0 bridgehead atoms. The summed E-state index contributed by atoms with van der Waals surface area (Å²) < 4.78 is 26.3. The molecule has 0 heterocycles. The molecule has 1 aromatic carbocycles. The molecule has 0 saturated carbocycles. The fourth-order valence-corrected chi connectivity index (χ4v) is 1.26. The molecule has 3 nitrogen and oxygen atoms in total. The van der Waals surface area contributed by atoms with Crippen molar-refractivity contribution in [2.45, 2.75) is 6.92 Å². The van der Waals surface area contributed by atoms with Gasteiger partial charge in [0.25, 0.3) is 5.91 Å². The van der Waals surface area contributed by atoms with Crippen LogP contribution in [0, 0.1) is 18.6 Å². The van der Waals surface area contributed by atoms with Crippen LogP contribution in [0.2, 0.25) is 0 Å². The van der Waals surface area contributed by atoms with Crippen molar-refractivity contribution in [2.75, 3.05) is 13.1 Å². The number of rotatable bonds is 4. The lowest BCUT2D eigenvalue weighted by atomic mass is 10.1. The number of aryl methyl sites for hydroxylation is 1. The van der Waals surface area contributed by atoms with Crippen LogP contribution < -0.4 is 11.1 Å². The van der Waals surface area contributed by atoms with Crippen molar-refractivity contribution in [3.05, 3.63) is 47.0 Å². The van der Waals surface area contributed by atoms with Gasteiger partial charge < -0.3 is 11.1 Å². The number of amides is 1. The molecule has 0 fully saturated rings. The van der Waals surface area contributed by atoms with Crippen LogP contribution in [0.5, 0.6) is 0 Å². The second-order valence-electron chi connectivity index (χ2n) is 3.50. The van der Waals surface area contributed by atoms with Crippen LogP contribution in [-0.4, -0.2) is 19.0 Å². The van der Waals surface area contributed by atoms with E-state index in [1.54, 1.807) is 12.2 Å². The first-order valence-electron chi connectivity index (χ1n) is 5.15. The van der Waals surface area contributed by atoms with Gasteiger partial charge >= 0.3 is 0 Å². The van der Waals surface area contributed by atoms with Crippen molar-refractivity contribution in [2.24, 2.45) is 5.73 Å². The lowest BCUT2D eigenvalue weighted by molar-refractivity contribution is 0.0954. The fourth-order valence-electron chi connectivity index (χ4n) is 1.26. The van der Waals surface area contributed by atoms with Crippen molar-refractivity contribution in [1.29, 1.82) is 0 Å². The Hall–Kier alpha value is -1.75. The summed E-state index contributed by atoms with van der Waals surface area (Å²) in [5, 5.41) is 2.48. The van der Waals surface area contributed by atoms with Crippen LogP contribution in [0.4, 0.5) is 8.78 Å². The smallest absolute Gasteiger partial charge is 0.254 e. The summed E-state index contributed by atoms with van der Waals surface area (Å²) in [5.74, 6) is -2.11. The van der Waals surface area contributed by atoms with E-state index in [0.29, 0.717) is 12.6 Å². The average Bonchev–Trinajstić information content (AvgIpc) is 2.29. The zero-order valence-electron chi connectivity index (χ0n) is 9.47. The lowest BCUT2D eigenvalue weighted by Gasteiger charge is -2.05. The second kappa shape index (κ2) is 6.10. The van der Waals surface area contributed by atoms with E-state index in [-0.39, 0.29) is 17.7 Å². The van der Waals surface area contributed by atoms with Gasteiger partial charge in [-0.1, -0.05) is 12.2 Å². The highest BCUT2D eigenvalue weighted by Gasteiger charge is 2.13. The monoisotopic (exact) mass is 240 g/mol. The summed E-state index contributed by atoms with van der Waals surface area (Å²) in [5.41, 5.74) is 5.28. The van der Waals surface area contributed by atoms with Gasteiger partial charge in [0.15, 0.2) is 0 Å². The van der Waals surface area contributed by atoms with Gasteiger partial charge in [-0.05, 0) is 18.6 Å². The Kier molecular flexibility index (Phi) is 4.78. The van der Waals surface area contributed by atoms with Gasteiger partial charge in [-0.25, -0.2) is 8.78 Å². The van der Waals surface area contributed by atoms with E-state index in [0.717, 1.165) is 0 Å². The molecule has 0 radical (unpaired) electrons. The Balaban J connectivity index is 2.75. The first-order valence-corrected chi connectivity index (χ1v) is 5.15. The Labute approximate surface area is 98.3 Å². The quantitative estimate of drug-likeness (QED) is 0.784. The minimum absolute atomic E-state index is 0.162. The SMILES string of the molecule is Cc1cc(C(=O)NC/C=C/CN)c(F)cc1F. The largest absolute Gasteiger partial charge is 0.348 e. The highest BCUT2D eigenvalue weighted by molar-refractivity contribution is 5.94. The van der Waals surface area contributed by atoms with E-state index in [4.69, 9.17) is 5.73 Å². The Morgan fingerprint density at radius 3 is 2.71 bits per heavy atom. The van der Waals surface area contributed by atoms with Gasteiger partial charge in [0.1, 0.15) is 11.6 Å². The van der Waals surface area contributed by atoms with Crippen LogP contribution in [0.1, 0.15) is 15.9 Å². The van der Waals surface area contributed by atoms with E-state index >= 15 is 0 Å². The predicted molar refractivity (Wildman–Crippen MR) is 61.6 cm³/mol. The third-order valence-electron chi connectivity index (χ3n) is 2.18. The molecule has 0 aliphatic heterocycles. The maximum Gasteiger partial charge on any atom is 0.254 e. The minimum Gasteiger partial charge on any atom is -0.348 e. The molecule has 1 rings (SSSR count). The zero-order valence-corrected chi connectivity index (χ0v) is 9.47. The zero-order chi connectivity index (χ0) is 12.8. The van der Waals surface area contributed by atoms with Gasteiger partial charge in [0.2, 0.25) is 0 Å². The van der Waals surface area contributed by atoms with E-state index in [9.17, 15) is 13.6 Å². The molecule has 0 aromatic heterocycles. The predicted octanol–water partition coefficient (Wildman–Crippen LogP) is 1.52. The molecule has 3 N–H and O–H groups in total. The summed E-state index contributed by atoms with van der Waals surface area (Å²) in [7, 11) is 0. The summed E-state index contributed by atoms with van der Waals surface area (Å²) in [6.45, 7) is 2.10. The third kappa shape index (κ3) is 3.64. The Morgan fingerprint density at radius 1 is 1.35 bits per heavy atom. The normalized spacial score (nSPS) is 10.8. The van der Waals surface area contributed by atoms with Crippen molar-refractivity contribution >= 4 is 5.91 Å². The van der Waals surface area contributed by atoms with Crippen molar-refractivity contribution in [3.8, 4) is 0 Å². The molecule has 0 unspecified atom stereocenters. The Bertz CT molecular complexity index is 444. The van der Waals surface area contributed by atoms with Crippen molar-refractivity contribution in [3.63, 3.8) is 0 Å². The van der Waals surface area contributed by atoms with E-state index in [1.165, 1.54) is 13.0 Å². The highest BCUT2D eigenvalue weighted by Crippen LogP contribution is 2.13. The molecule has 92 valence electrons. The molecule has 0 aliphatic carbocycles. The summed E-state index contributed by atoms with van der Waals surface area (Å²) in [4.78, 5) is 11.6. The molecule has 1 aromatic rings. The molecular formula is C12H14F2N2O. The molecule has 1 amide bonds. The summed E-state index contributed by atoms with van der Waals surface area (Å²) in [6.07, 6.45) is 3.33. The molecule has 0 saturated heterocycles.